The number of benzene rings is 1. The van der Waals surface area contributed by atoms with Crippen LogP contribution in [-0.4, -0.2) is 64.7 Å². The summed E-state index contributed by atoms with van der Waals surface area (Å²) in [6.45, 7) is 3.34. The number of nitrogens with zero attached hydrogens (tertiary/aromatic N) is 3. The molecule has 1 N–H and O–H groups in total. The highest BCUT2D eigenvalue weighted by Crippen LogP contribution is 2.29. The van der Waals surface area contributed by atoms with Gasteiger partial charge in [-0.25, -0.2) is 0 Å². The summed E-state index contributed by atoms with van der Waals surface area (Å²) >= 11 is 1.59. The van der Waals surface area contributed by atoms with Crippen LogP contribution >= 0.6 is 11.3 Å². The summed E-state index contributed by atoms with van der Waals surface area (Å²) in [4.78, 5) is 29.5. The molecule has 2 amide bonds. The summed E-state index contributed by atoms with van der Waals surface area (Å²) in [6.07, 6.45) is 0.630. The van der Waals surface area contributed by atoms with Crippen molar-refractivity contribution < 1.29 is 14.3 Å². The van der Waals surface area contributed by atoms with E-state index in [1.165, 1.54) is 0 Å². The number of H-pyrrole nitrogens is 1. The second kappa shape index (κ2) is 7.03. The minimum absolute atomic E-state index is 0.0266. The van der Waals surface area contributed by atoms with Crippen molar-refractivity contribution in [1.82, 2.24) is 20.0 Å². The third-order valence-electron chi connectivity index (χ3n) is 5.43. The van der Waals surface area contributed by atoms with Crippen LogP contribution in [-0.2, 0) is 17.7 Å². The van der Waals surface area contributed by atoms with Crippen molar-refractivity contribution in [3.05, 3.63) is 52.2 Å². The Hall–Kier alpha value is -2.71. The molecule has 0 unspecified atom stereocenters. The number of amides is 2. The number of morpholine rings is 1. The topological polar surface area (TPSA) is 78.5 Å². The Balaban J connectivity index is 1.37. The van der Waals surface area contributed by atoms with Gasteiger partial charge in [0.15, 0.2) is 5.69 Å². The van der Waals surface area contributed by atoms with Crippen molar-refractivity contribution in [2.24, 2.45) is 0 Å². The predicted octanol–water partition coefficient (Wildman–Crippen LogP) is 2.30. The Bertz CT molecular complexity index is 1050. The van der Waals surface area contributed by atoms with Crippen molar-refractivity contribution >= 4 is 33.2 Å². The molecular weight excluding hydrogens is 376 g/mol. The van der Waals surface area contributed by atoms with Crippen LogP contribution in [0.15, 0.2) is 29.6 Å². The van der Waals surface area contributed by atoms with E-state index in [9.17, 15) is 9.59 Å². The first-order valence-corrected chi connectivity index (χ1v) is 10.3. The van der Waals surface area contributed by atoms with E-state index in [4.69, 9.17) is 4.74 Å². The highest BCUT2D eigenvalue weighted by atomic mass is 32.1. The van der Waals surface area contributed by atoms with E-state index in [1.807, 2.05) is 34.5 Å². The van der Waals surface area contributed by atoms with Crippen LogP contribution in [0.5, 0.6) is 0 Å². The summed E-state index contributed by atoms with van der Waals surface area (Å²) in [5.41, 5.74) is 3.03. The van der Waals surface area contributed by atoms with Gasteiger partial charge in [0, 0.05) is 40.7 Å². The number of fused-ring (bicyclic) bond motifs is 2. The number of hydrogen-bond donors (Lipinski definition) is 1. The van der Waals surface area contributed by atoms with Gasteiger partial charge in [-0.15, -0.1) is 11.3 Å². The van der Waals surface area contributed by atoms with E-state index in [2.05, 4.69) is 10.2 Å². The van der Waals surface area contributed by atoms with E-state index >= 15 is 0 Å². The number of carbonyl (C=O) groups excluding carboxylic acids is 2. The molecule has 28 heavy (non-hydrogen) atoms. The van der Waals surface area contributed by atoms with Crippen LogP contribution in [0, 0.1) is 0 Å². The van der Waals surface area contributed by atoms with Crippen molar-refractivity contribution in [3.8, 4) is 0 Å². The predicted molar refractivity (Wildman–Crippen MR) is 106 cm³/mol. The molecular formula is C20H20N4O3S. The van der Waals surface area contributed by atoms with Gasteiger partial charge >= 0.3 is 0 Å². The Morgan fingerprint density at radius 2 is 1.89 bits per heavy atom. The number of aromatic nitrogens is 2. The second-order valence-corrected chi connectivity index (χ2v) is 7.97. The van der Waals surface area contributed by atoms with Gasteiger partial charge in [-0.3, -0.25) is 14.7 Å². The summed E-state index contributed by atoms with van der Waals surface area (Å²) in [5, 5.41) is 10.2. The third kappa shape index (κ3) is 2.89. The van der Waals surface area contributed by atoms with Gasteiger partial charge in [0.05, 0.1) is 31.0 Å². The van der Waals surface area contributed by atoms with Crippen molar-refractivity contribution in [1.29, 1.82) is 0 Å². The van der Waals surface area contributed by atoms with Crippen LogP contribution in [0.25, 0.3) is 10.1 Å². The number of rotatable bonds is 2. The lowest BCUT2D eigenvalue weighted by atomic mass is 10.0. The summed E-state index contributed by atoms with van der Waals surface area (Å²) < 4.78 is 6.44. The molecule has 3 aromatic rings. The fraction of sp³-hybridized carbons (Fsp3) is 0.350. The monoisotopic (exact) mass is 396 g/mol. The lowest BCUT2D eigenvalue weighted by Gasteiger charge is -2.28. The number of thiophene rings is 1. The average molecular weight is 396 g/mol. The zero-order valence-electron chi connectivity index (χ0n) is 15.3. The molecule has 0 radical (unpaired) electrons. The van der Waals surface area contributed by atoms with E-state index in [-0.39, 0.29) is 11.8 Å². The number of hydrogen-bond acceptors (Lipinski definition) is 5. The Kier molecular flexibility index (Phi) is 4.37. The van der Waals surface area contributed by atoms with Gasteiger partial charge in [-0.1, -0.05) is 18.2 Å². The molecule has 0 bridgehead atoms. The molecule has 0 aliphatic carbocycles. The van der Waals surface area contributed by atoms with Crippen LogP contribution in [0.3, 0.4) is 0 Å². The standard InChI is InChI=1S/C20H20N4O3S/c25-19(15-12-28-17-4-2-1-3-13(15)17)24-6-5-14-16(11-24)21-22-18(14)20(26)23-7-9-27-10-8-23/h1-4,12H,5-11H2,(H,21,22). The normalized spacial score (nSPS) is 17.0. The first-order valence-electron chi connectivity index (χ1n) is 9.41. The number of carbonyl (C=O) groups is 2. The first-order chi connectivity index (χ1) is 13.7. The molecule has 1 aromatic carbocycles. The maximum atomic E-state index is 13.1. The molecule has 4 heterocycles. The zero-order chi connectivity index (χ0) is 19.1. The van der Waals surface area contributed by atoms with Gasteiger partial charge in [0.25, 0.3) is 11.8 Å². The summed E-state index contributed by atoms with van der Waals surface area (Å²) in [7, 11) is 0. The fourth-order valence-electron chi connectivity index (χ4n) is 3.90. The largest absolute Gasteiger partial charge is 0.378 e. The van der Waals surface area contributed by atoms with Crippen molar-refractivity contribution in [2.75, 3.05) is 32.8 Å². The van der Waals surface area contributed by atoms with Crippen molar-refractivity contribution in [3.63, 3.8) is 0 Å². The lowest BCUT2D eigenvalue weighted by molar-refractivity contribution is 0.0298. The van der Waals surface area contributed by atoms with Gasteiger partial charge in [0.2, 0.25) is 0 Å². The second-order valence-electron chi connectivity index (χ2n) is 7.06. The highest BCUT2D eigenvalue weighted by molar-refractivity contribution is 7.17. The average Bonchev–Trinajstić information content (AvgIpc) is 3.37. The van der Waals surface area contributed by atoms with Gasteiger partial charge < -0.3 is 14.5 Å². The molecule has 1 fully saturated rings. The van der Waals surface area contributed by atoms with E-state index < -0.39 is 0 Å². The maximum Gasteiger partial charge on any atom is 0.274 e. The van der Waals surface area contributed by atoms with E-state index in [0.717, 1.165) is 26.9 Å². The molecule has 1 saturated heterocycles. The van der Waals surface area contributed by atoms with Crippen LogP contribution in [0.1, 0.15) is 32.1 Å². The molecule has 144 valence electrons. The molecule has 2 aromatic heterocycles. The molecule has 0 atom stereocenters. The van der Waals surface area contributed by atoms with Crippen LogP contribution in [0.2, 0.25) is 0 Å². The van der Waals surface area contributed by atoms with Gasteiger partial charge in [0.1, 0.15) is 0 Å². The summed E-state index contributed by atoms with van der Waals surface area (Å²) in [6, 6.07) is 7.96. The molecule has 0 spiro atoms. The number of ether oxygens (including phenoxy) is 1. The smallest absolute Gasteiger partial charge is 0.274 e. The molecule has 8 heteroatoms. The molecule has 0 saturated carbocycles. The van der Waals surface area contributed by atoms with Gasteiger partial charge in [-0.2, -0.15) is 5.10 Å². The fourth-order valence-corrected chi connectivity index (χ4v) is 4.83. The number of aromatic amines is 1. The van der Waals surface area contributed by atoms with Crippen LogP contribution in [0.4, 0.5) is 0 Å². The quantitative estimate of drug-likeness (QED) is 0.721. The summed E-state index contributed by atoms with van der Waals surface area (Å²) in [5.74, 6) is -0.0249. The minimum Gasteiger partial charge on any atom is -0.378 e. The molecule has 5 rings (SSSR count). The Labute approximate surface area is 165 Å². The molecule has 7 nitrogen and oxygen atoms in total. The maximum absolute atomic E-state index is 13.1. The molecule has 2 aliphatic rings. The zero-order valence-corrected chi connectivity index (χ0v) is 16.1. The molecule has 2 aliphatic heterocycles. The van der Waals surface area contributed by atoms with E-state index in [0.29, 0.717) is 51.5 Å². The Morgan fingerprint density at radius 1 is 1.07 bits per heavy atom. The first kappa shape index (κ1) is 17.4. The highest BCUT2D eigenvalue weighted by Gasteiger charge is 2.30. The minimum atomic E-state index is -0.0515. The number of nitrogens with one attached hydrogen (secondary N) is 1. The SMILES string of the molecule is O=C(c1n[nH]c2c1CCN(C(=O)c1csc3ccccc13)C2)N1CCOCC1. The van der Waals surface area contributed by atoms with Crippen LogP contribution < -0.4 is 0 Å². The van der Waals surface area contributed by atoms with Crippen molar-refractivity contribution in [2.45, 2.75) is 13.0 Å². The van der Waals surface area contributed by atoms with E-state index in [1.54, 1.807) is 16.2 Å². The van der Waals surface area contributed by atoms with Gasteiger partial charge in [-0.05, 0) is 12.5 Å². The Morgan fingerprint density at radius 3 is 2.75 bits per heavy atom. The lowest BCUT2D eigenvalue weighted by Crippen LogP contribution is -2.41. The third-order valence-corrected chi connectivity index (χ3v) is 6.40.